The molecule has 1 saturated carbocycles. The van der Waals surface area contributed by atoms with Crippen LogP contribution in [0.4, 0.5) is 21.7 Å². The summed E-state index contributed by atoms with van der Waals surface area (Å²) in [6.07, 6.45) is 8.94. The fourth-order valence-electron chi connectivity index (χ4n) is 5.07. The zero-order valence-corrected chi connectivity index (χ0v) is 20.0. The Morgan fingerprint density at radius 2 is 1.54 bits per heavy atom. The number of pyridine rings is 2. The number of halogens is 1. The lowest BCUT2D eigenvalue weighted by Gasteiger charge is -2.36. The van der Waals surface area contributed by atoms with Crippen molar-refractivity contribution in [3.05, 3.63) is 78.4 Å². The van der Waals surface area contributed by atoms with Crippen molar-refractivity contribution >= 4 is 23.2 Å². The molecule has 0 bridgehead atoms. The highest BCUT2D eigenvalue weighted by molar-refractivity contribution is 5.95. The molecule has 2 aliphatic rings. The van der Waals surface area contributed by atoms with E-state index < -0.39 is 0 Å². The molecule has 1 aromatic carbocycles. The minimum atomic E-state index is -0.298. The van der Waals surface area contributed by atoms with Gasteiger partial charge in [-0.1, -0.05) is 31.4 Å². The molecule has 35 heavy (non-hydrogen) atoms. The number of aromatic nitrogens is 2. The van der Waals surface area contributed by atoms with E-state index in [0.29, 0.717) is 6.54 Å². The molecule has 1 saturated heterocycles. The van der Waals surface area contributed by atoms with E-state index >= 15 is 0 Å². The van der Waals surface area contributed by atoms with Gasteiger partial charge in [-0.3, -0.25) is 4.79 Å². The van der Waals surface area contributed by atoms with Gasteiger partial charge in [0, 0.05) is 50.2 Å². The fourth-order valence-corrected chi connectivity index (χ4v) is 5.07. The molecule has 1 aliphatic carbocycles. The van der Waals surface area contributed by atoms with Crippen LogP contribution in [0.15, 0.2) is 67.0 Å². The monoisotopic (exact) mass is 473 g/mol. The minimum Gasteiger partial charge on any atom is -0.353 e. The molecule has 1 amide bonds. The van der Waals surface area contributed by atoms with Gasteiger partial charge in [-0.15, -0.1) is 0 Å². The number of piperazine rings is 1. The topological polar surface area (TPSA) is 52.6 Å². The molecule has 0 N–H and O–H groups in total. The van der Waals surface area contributed by atoms with Gasteiger partial charge in [0.15, 0.2) is 0 Å². The molecule has 0 unspecified atom stereocenters. The van der Waals surface area contributed by atoms with Gasteiger partial charge in [0.1, 0.15) is 17.5 Å². The van der Waals surface area contributed by atoms with Gasteiger partial charge < -0.3 is 14.7 Å². The van der Waals surface area contributed by atoms with E-state index in [1.54, 1.807) is 17.0 Å². The van der Waals surface area contributed by atoms with Crippen molar-refractivity contribution in [2.75, 3.05) is 40.9 Å². The second-order valence-electron chi connectivity index (χ2n) is 9.42. The number of benzene rings is 1. The molecule has 0 spiro atoms. The Kier molecular flexibility index (Phi) is 7.21. The number of carbonyl (C=O) groups excluding carboxylic acids is 1. The summed E-state index contributed by atoms with van der Waals surface area (Å²) in [5.74, 6) is 1.83. The lowest BCUT2D eigenvalue weighted by atomic mass is 9.88. The summed E-state index contributed by atoms with van der Waals surface area (Å²) in [5, 5.41) is 0. The van der Waals surface area contributed by atoms with Crippen LogP contribution < -0.4 is 14.7 Å². The maximum atomic E-state index is 13.6. The average molecular weight is 474 g/mol. The molecule has 2 fully saturated rings. The number of carbonyl (C=O) groups is 1. The molecule has 3 aromatic rings. The highest BCUT2D eigenvalue weighted by Crippen LogP contribution is 2.29. The molecule has 2 aromatic heterocycles. The first-order chi connectivity index (χ1) is 17.2. The molecule has 3 heterocycles. The van der Waals surface area contributed by atoms with Crippen LogP contribution in [-0.2, 0) is 11.3 Å². The van der Waals surface area contributed by atoms with Crippen molar-refractivity contribution in [1.29, 1.82) is 0 Å². The third kappa shape index (κ3) is 5.61. The number of nitrogens with zero attached hydrogens (tertiary/aromatic N) is 5. The maximum Gasteiger partial charge on any atom is 0.230 e. The van der Waals surface area contributed by atoms with Crippen molar-refractivity contribution in [3.63, 3.8) is 0 Å². The van der Waals surface area contributed by atoms with Gasteiger partial charge in [-0.05, 0) is 60.9 Å². The van der Waals surface area contributed by atoms with E-state index in [2.05, 4.69) is 20.9 Å². The van der Waals surface area contributed by atoms with Gasteiger partial charge in [0.25, 0.3) is 0 Å². The van der Waals surface area contributed by atoms with Gasteiger partial charge in [-0.25, -0.2) is 14.4 Å². The molecule has 7 heteroatoms. The Bertz CT molecular complexity index is 1090. The van der Waals surface area contributed by atoms with Crippen LogP contribution in [0.3, 0.4) is 0 Å². The smallest absolute Gasteiger partial charge is 0.230 e. The van der Waals surface area contributed by atoms with Gasteiger partial charge >= 0.3 is 0 Å². The lowest BCUT2D eigenvalue weighted by molar-refractivity contribution is -0.123. The molecule has 0 atom stereocenters. The summed E-state index contributed by atoms with van der Waals surface area (Å²) in [5.41, 5.74) is 1.70. The summed E-state index contributed by atoms with van der Waals surface area (Å²) >= 11 is 0. The van der Waals surface area contributed by atoms with Crippen LogP contribution >= 0.6 is 0 Å². The Hall–Kier alpha value is -3.48. The van der Waals surface area contributed by atoms with Crippen LogP contribution in [0, 0.1) is 11.7 Å². The summed E-state index contributed by atoms with van der Waals surface area (Å²) in [6, 6.07) is 16.3. The average Bonchev–Trinajstić information content (AvgIpc) is 2.93. The first kappa shape index (κ1) is 23.3. The summed E-state index contributed by atoms with van der Waals surface area (Å²) < 4.78 is 13.6. The predicted octanol–water partition coefficient (Wildman–Crippen LogP) is 5.06. The summed E-state index contributed by atoms with van der Waals surface area (Å²) in [7, 11) is 0. The molecule has 182 valence electrons. The molecule has 6 nitrogen and oxygen atoms in total. The van der Waals surface area contributed by atoms with Crippen LogP contribution in [-0.4, -0.2) is 42.1 Å². The van der Waals surface area contributed by atoms with E-state index in [9.17, 15) is 9.18 Å². The van der Waals surface area contributed by atoms with Crippen molar-refractivity contribution in [1.82, 2.24) is 9.97 Å². The number of anilines is 3. The normalized spacial score (nSPS) is 16.8. The highest BCUT2D eigenvalue weighted by atomic mass is 19.1. The standard InChI is InChI=1S/C28H32FN5O/c29-24-10-12-25(13-11-24)34(28(35)23-6-2-1-3-7-23)21-22-9-14-27(31-20-22)33-18-16-32(17-19-33)26-8-4-5-15-30-26/h4-5,8-15,20,23H,1-3,6-7,16-19,21H2. The quantitative estimate of drug-likeness (QED) is 0.501. The Morgan fingerprint density at radius 1 is 0.857 bits per heavy atom. The predicted molar refractivity (Wildman–Crippen MR) is 137 cm³/mol. The van der Waals surface area contributed by atoms with Crippen LogP contribution in [0.5, 0.6) is 0 Å². The highest BCUT2D eigenvalue weighted by Gasteiger charge is 2.27. The Balaban J connectivity index is 1.26. The number of hydrogen-bond acceptors (Lipinski definition) is 5. The number of hydrogen-bond donors (Lipinski definition) is 0. The Labute approximate surface area is 206 Å². The van der Waals surface area contributed by atoms with Crippen molar-refractivity contribution in [3.8, 4) is 0 Å². The van der Waals surface area contributed by atoms with Gasteiger partial charge in [0.05, 0.1) is 6.54 Å². The van der Waals surface area contributed by atoms with Crippen LogP contribution in [0.25, 0.3) is 0 Å². The second kappa shape index (κ2) is 10.8. The molecule has 5 rings (SSSR count). The summed E-state index contributed by atoms with van der Waals surface area (Å²) in [6.45, 7) is 3.99. The summed E-state index contributed by atoms with van der Waals surface area (Å²) in [4.78, 5) is 29.0. The fraction of sp³-hybridized carbons (Fsp3) is 0.393. The van der Waals surface area contributed by atoms with Gasteiger partial charge in [0.2, 0.25) is 5.91 Å². The number of amides is 1. The first-order valence-corrected chi connectivity index (χ1v) is 12.6. The van der Waals surface area contributed by atoms with Crippen molar-refractivity contribution in [2.45, 2.75) is 38.6 Å². The Morgan fingerprint density at radius 3 is 2.14 bits per heavy atom. The van der Waals surface area contributed by atoms with Crippen LogP contribution in [0.1, 0.15) is 37.7 Å². The van der Waals surface area contributed by atoms with E-state index in [1.165, 1.54) is 18.6 Å². The molecular weight excluding hydrogens is 441 g/mol. The third-order valence-corrected chi connectivity index (χ3v) is 7.09. The van der Waals surface area contributed by atoms with Crippen molar-refractivity contribution in [2.24, 2.45) is 5.92 Å². The SMILES string of the molecule is O=C(C1CCCCC1)N(Cc1ccc(N2CCN(c3ccccn3)CC2)nc1)c1ccc(F)cc1. The number of rotatable bonds is 6. The largest absolute Gasteiger partial charge is 0.353 e. The molecular formula is C28H32FN5O. The minimum absolute atomic E-state index is 0.0384. The third-order valence-electron chi connectivity index (χ3n) is 7.09. The van der Waals surface area contributed by atoms with Gasteiger partial charge in [-0.2, -0.15) is 0 Å². The van der Waals surface area contributed by atoms with E-state index in [0.717, 1.165) is 74.7 Å². The molecule has 0 radical (unpaired) electrons. The zero-order valence-electron chi connectivity index (χ0n) is 20.0. The molecule has 1 aliphatic heterocycles. The lowest BCUT2D eigenvalue weighted by Crippen LogP contribution is -2.47. The van der Waals surface area contributed by atoms with Crippen molar-refractivity contribution < 1.29 is 9.18 Å². The van der Waals surface area contributed by atoms with E-state index in [-0.39, 0.29) is 17.6 Å². The van der Waals surface area contributed by atoms with E-state index in [1.807, 2.05) is 36.7 Å². The van der Waals surface area contributed by atoms with Crippen LogP contribution in [0.2, 0.25) is 0 Å². The second-order valence-corrected chi connectivity index (χ2v) is 9.42. The first-order valence-electron chi connectivity index (χ1n) is 12.6. The maximum absolute atomic E-state index is 13.6. The van der Waals surface area contributed by atoms with E-state index in [4.69, 9.17) is 4.98 Å². The zero-order chi connectivity index (χ0) is 24.0.